The first-order chi connectivity index (χ1) is 17.4. The van der Waals surface area contributed by atoms with Crippen LogP contribution in [0.2, 0.25) is 5.02 Å². The van der Waals surface area contributed by atoms with Crippen LogP contribution in [0.1, 0.15) is 5.69 Å². The summed E-state index contributed by atoms with van der Waals surface area (Å²) in [5.41, 5.74) is 1.92. The standard InChI is InChI=1S/C24H27ClN6O5/c1-35-15-6-19-17(27-9-15)2-3-23(34)31(19)5-4-30-11-14(20(32)12-30)8-26-10-18-16(25)7-21-24(28-18)29-22(33)13-36-21/h2-3,6-7,9,14,20,26,32H,4-5,8,10-13H2,1H3,(H,28,29,33)/t14-,20+/m0/s1. The molecule has 3 N–H and O–H groups in total. The van der Waals surface area contributed by atoms with Gasteiger partial charge in [0.25, 0.3) is 11.5 Å². The van der Waals surface area contributed by atoms with Gasteiger partial charge in [0.2, 0.25) is 0 Å². The van der Waals surface area contributed by atoms with Crippen molar-refractivity contribution in [1.82, 2.24) is 24.8 Å². The largest absolute Gasteiger partial charge is 0.495 e. The van der Waals surface area contributed by atoms with Gasteiger partial charge in [-0.1, -0.05) is 11.6 Å². The summed E-state index contributed by atoms with van der Waals surface area (Å²) >= 11 is 6.32. The molecule has 0 aliphatic carbocycles. The van der Waals surface area contributed by atoms with Crippen molar-refractivity contribution in [1.29, 1.82) is 0 Å². The molecule has 5 heterocycles. The third-order valence-corrected chi connectivity index (χ3v) is 6.83. The van der Waals surface area contributed by atoms with Gasteiger partial charge in [0.15, 0.2) is 18.2 Å². The van der Waals surface area contributed by atoms with Gasteiger partial charge in [-0.25, -0.2) is 4.98 Å². The number of aromatic nitrogens is 3. The fourth-order valence-corrected chi connectivity index (χ4v) is 4.79. The molecule has 1 amide bonds. The van der Waals surface area contributed by atoms with Crippen molar-refractivity contribution in [2.24, 2.45) is 5.92 Å². The second kappa shape index (κ2) is 10.4. The van der Waals surface area contributed by atoms with E-state index in [0.717, 1.165) is 11.0 Å². The van der Waals surface area contributed by atoms with E-state index in [9.17, 15) is 14.7 Å². The lowest BCUT2D eigenvalue weighted by atomic mass is 10.1. The van der Waals surface area contributed by atoms with Crippen molar-refractivity contribution < 1.29 is 19.4 Å². The lowest BCUT2D eigenvalue weighted by Gasteiger charge is -2.19. The summed E-state index contributed by atoms with van der Waals surface area (Å²) < 4.78 is 12.3. The van der Waals surface area contributed by atoms with Crippen LogP contribution >= 0.6 is 11.6 Å². The van der Waals surface area contributed by atoms with E-state index in [1.165, 1.54) is 6.07 Å². The number of fused-ring (bicyclic) bond motifs is 2. The van der Waals surface area contributed by atoms with Crippen molar-refractivity contribution in [2.75, 3.05) is 45.2 Å². The second-order valence-electron chi connectivity index (χ2n) is 8.92. The summed E-state index contributed by atoms with van der Waals surface area (Å²) in [7, 11) is 1.57. The van der Waals surface area contributed by atoms with E-state index in [4.69, 9.17) is 21.1 Å². The van der Waals surface area contributed by atoms with Gasteiger partial charge in [0.05, 0.1) is 41.2 Å². The van der Waals surface area contributed by atoms with Crippen LogP contribution in [0, 0.1) is 5.92 Å². The predicted octanol–water partition coefficient (Wildman–Crippen LogP) is 0.867. The van der Waals surface area contributed by atoms with E-state index >= 15 is 0 Å². The van der Waals surface area contributed by atoms with Crippen LogP contribution in [-0.2, 0) is 17.9 Å². The zero-order chi connectivity index (χ0) is 25.2. The van der Waals surface area contributed by atoms with Crippen LogP contribution < -0.4 is 25.7 Å². The molecular weight excluding hydrogens is 488 g/mol. The van der Waals surface area contributed by atoms with Gasteiger partial charge in [0.1, 0.15) is 5.75 Å². The average Bonchev–Trinajstić information content (AvgIpc) is 3.22. The Hall–Kier alpha value is -3.25. The van der Waals surface area contributed by atoms with E-state index in [2.05, 4.69) is 25.5 Å². The number of hydrogen-bond donors (Lipinski definition) is 3. The molecule has 0 spiro atoms. The van der Waals surface area contributed by atoms with E-state index in [1.54, 1.807) is 30.0 Å². The molecule has 0 bridgehead atoms. The van der Waals surface area contributed by atoms with Crippen LogP contribution in [0.15, 0.2) is 35.3 Å². The van der Waals surface area contributed by atoms with Crippen molar-refractivity contribution in [3.05, 3.63) is 51.5 Å². The van der Waals surface area contributed by atoms with E-state index in [0.29, 0.717) is 67.3 Å². The first-order valence-electron chi connectivity index (χ1n) is 11.7. The highest BCUT2D eigenvalue weighted by molar-refractivity contribution is 6.31. The average molecular weight is 515 g/mol. The Morgan fingerprint density at radius 3 is 2.97 bits per heavy atom. The number of aliphatic hydroxyl groups excluding tert-OH is 1. The molecule has 1 saturated heterocycles. The number of methoxy groups -OCH3 is 1. The quantitative estimate of drug-likeness (QED) is 0.400. The molecule has 3 aromatic rings. The minimum atomic E-state index is -0.497. The molecule has 0 unspecified atom stereocenters. The predicted molar refractivity (Wildman–Crippen MR) is 134 cm³/mol. The zero-order valence-electron chi connectivity index (χ0n) is 19.7. The summed E-state index contributed by atoms with van der Waals surface area (Å²) in [6.45, 7) is 3.18. The highest BCUT2D eigenvalue weighted by atomic mass is 35.5. The fraction of sp³-hybridized carbons (Fsp3) is 0.417. The monoisotopic (exact) mass is 514 g/mol. The number of likely N-dealkylation sites (tertiary alicyclic amines) is 1. The molecule has 2 aliphatic heterocycles. The van der Waals surface area contributed by atoms with Gasteiger partial charge in [-0.2, -0.15) is 0 Å². The molecule has 190 valence electrons. The van der Waals surface area contributed by atoms with E-state index < -0.39 is 6.10 Å². The second-order valence-corrected chi connectivity index (χ2v) is 9.33. The van der Waals surface area contributed by atoms with E-state index in [-0.39, 0.29) is 24.0 Å². The molecule has 2 aliphatic rings. The van der Waals surface area contributed by atoms with Gasteiger partial charge >= 0.3 is 0 Å². The number of amides is 1. The van der Waals surface area contributed by atoms with Gasteiger partial charge in [-0.05, 0) is 6.07 Å². The smallest absolute Gasteiger partial charge is 0.263 e. The number of rotatable bonds is 8. The number of carbonyl (C=O) groups is 1. The normalized spacial score (nSPS) is 19.7. The molecule has 12 heteroatoms. The summed E-state index contributed by atoms with van der Waals surface area (Å²) in [6.07, 6.45) is 1.13. The number of hydrogen-bond acceptors (Lipinski definition) is 9. The minimum absolute atomic E-state index is 0.00967. The number of nitrogens with one attached hydrogen (secondary N) is 2. The van der Waals surface area contributed by atoms with Gasteiger partial charge in [-0.15, -0.1) is 0 Å². The lowest BCUT2D eigenvalue weighted by Crippen LogP contribution is -2.31. The minimum Gasteiger partial charge on any atom is -0.495 e. The topological polar surface area (TPSA) is 131 Å². The molecule has 3 aromatic heterocycles. The number of nitrogens with zero attached hydrogens (tertiary/aromatic N) is 4. The van der Waals surface area contributed by atoms with Crippen molar-refractivity contribution >= 4 is 34.4 Å². The highest BCUT2D eigenvalue weighted by Gasteiger charge is 2.31. The zero-order valence-corrected chi connectivity index (χ0v) is 20.5. The van der Waals surface area contributed by atoms with Crippen LogP contribution in [0.4, 0.5) is 5.82 Å². The van der Waals surface area contributed by atoms with Crippen molar-refractivity contribution in [3.8, 4) is 11.5 Å². The number of aliphatic hydroxyl groups is 1. The van der Waals surface area contributed by atoms with Crippen molar-refractivity contribution in [3.63, 3.8) is 0 Å². The van der Waals surface area contributed by atoms with Crippen LogP contribution in [0.25, 0.3) is 11.0 Å². The molecule has 2 atom stereocenters. The molecule has 0 radical (unpaired) electrons. The maximum Gasteiger partial charge on any atom is 0.263 e. The Morgan fingerprint density at radius 2 is 2.14 bits per heavy atom. The van der Waals surface area contributed by atoms with Gasteiger partial charge < -0.3 is 29.8 Å². The third-order valence-electron chi connectivity index (χ3n) is 6.50. The van der Waals surface area contributed by atoms with E-state index in [1.807, 2.05) is 6.07 Å². The highest BCUT2D eigenvalue weighted by Crippen LogP contribution is 2.30. The lowest BCUT2D eigenvalue weighted by molar-refractivity contribution is -0.118. The summed E-state index contributed by atoms with van der Waals surface area (Å²) in [4.78, 5) is 35.0. The Morgan fingerprint density at radius 1 is 1.28 bits per heavy atom. The molecule has 0 saturated carbocycles. The molecule has 0 aromatic carbocycles. The Kier molecular flexibility index (Phi) is 7.06. The molecular formula is C24H27ClN6O5. The van der Waals surface area contributed by atoms with Crippen molar-refractivity contribution in [2.45, 2.75) is 19.2 Å². The molecule has 36 heavy (non-hydrogen) atoms. The van der Waals surface area contributed by atoms with Crippen LogP contribution in [0.3, 0.4) is 0 Å². The van der Waals surface area contributed by atoms with Gasteiger partial charge in [0, 0.05) is 63.4 Å². The first-order valence-corrected chi connectivity index (χ1v) is 12.1. The molecule has 1 fully saturated rings. The Balaban J connectivity index is 1.17. The number of pyridine rings is 3. The number of anilines is 1. The molecule has 11 nitrogen and oxygen atoms in total. The van der Waals surface area contributed by atoms with Crippen LogP contribution in [0.5, 0.6) is 11.5 Å². The Labute approximate surface area is 212 Å². The first kappa shape index (κ1) is 24.4. The molecule has 5 rings (SSSR count). The van der Waals surface area contributed by atoms with Gasteiger partial charge in [-0.3, -0.25) is 19.5 Å². The van der Waals surface area contributed by atoms with Crippen LogP contribution in [-0.4, -0.2) is 76.4 Å². The third kappa shape index (κ3) is 5.14. The summed E-state index contributed by atoms with van der Waals surface area (Å²) in [5, 5.41) is 17.0. The maximum atomic E-state index is 12.5. The number of ether oxygens (including phenoxy) is 2. The Bertz CT molecular complexity index is 1350. The maximum absolute atomic E-state index is 12.5. The fourth-order valence-electron chi connectivity index (χ4n) is 4.58. The SMILES string of the molecule is COc1cnc2ccc(=O)n(CCN3C[C@H](CNCc4nc5c(cc4Cl)OCC(=O)N5)[C@H](O)C3)c2c1. The number of β-amino-alcohol motifs (C(OH)–C–C–N with tert-alkyl or cyclic N) is 1. The number of halogens is 1. The summed E-state index contributed by atoms with van der Waals surface area (Å²) in [5.74, 6) is 1.15. The number of carbonyl (C=O) groups excluding carboxylic acids is 1. The summed E-state index contributed by atoms with van der Waals surface area (Å²) in [6, 6.07) is 6.68.